The zero-order valence-corrected chi connectivity index (χ0v) is 10.1. The highest BCUT2D eigenvalue weighted by Crippen LogP contribution is 2.25. The minimum atomic E-state index is -0.350. The van der Waals surface area contributed by atoms with Crippen LogP contribution < -0.4 is 10.2 Å². The molecule has 0 aliphatic carbocycles. The van der Waals surface area contributed by atoms with Gasteiger partial charge in [-0.2, -0.15) is 0 Å². The lowest BCUT2D eigenvalue weighted by Crippen LogP contribution is -2.49. The molecule has 1 aliphatic rings. The first kappa shape index (κ1) is 11.9. The number of piperazine rings is 1. The first-order valence-electron chi connectivity index (χ1n) is 5.81. The minimum absolute atomic E-state index is 0.162. The third kappa shape index (κ3) is 2.55. The van der Waals surface area contributed by atoms with Crippen molar-refractivity contribution in [2.75, 3.05) is 24.5 Å². The fourth-order valence-corrected chi connectivity index (χ4v) is 2.26. The van der Waals surface area contributed by atoms with Gasteiger partial charge in [-0.15, -0.1) is 0 Å². The maximum atomic E-state index is 10.7. The summed E-state index contributed by atoms with van der Waals surface area (Å²) in [5.74, 6) is 0. The van der Waals surface area contributed by atoms with Gasteiger partial charge >= 0.3 is 0 Å². The summed E-state index contributed by atoms with van der Waals surface area (Å²) in [6.45, 7) is 6.92. The molecule has 1 aromatic carbocycles. The first-order valence-corrected chi connectivity index (χ1v) is 5.81. The van der Waals surface area contributed by atoms with Crippen LogP contribution in [0.2, 0.25) is 0 Å². The molecule has 1 aliphatic heterocycles. The van der Waals surface area contributed by atoms with Crippen molar-refractivity contribution >= 4 is 11.4 Å². The molecule has 0 radical (unpaired) electrons. The van der Waals surface area contributed by atoms with Crippen molar-refractivity contribution in [3.63, 3.8) is 0 Å². The molecule has 1 atom stereocenters. The zero-order chi connectivity index (χ0) is 12.4. The lowest BCUT2D eigenvalue weighted by molar-refractivity contribution is -0.384. The summed E-state index contributed by atoms with van der Waals surface area (Å²) in [6.07, 6.45) is 0. The highest BCUT2D eigenvalue weighted by molar-refractivity contribution is 5.57. The molecule has 17 heavy (non-hydrogen) atoms. The number of nitrogens with one attached hydrogen (secondary N) is 1. The van der Waals surface area contributed by atoms with Crippen LogP contribution in [0, 0.1) is 17.0 Å². The second-order valence-corrected chi connectivity index (χ2v) is 4.53. The summed E-state index contributed by atoms with van der Waals surface area (Å²) in [5.41, 5.74) is 2.23. The number of hydrogen-bond acceptors (Lipinski definition) is 4. The monoisotopic (exact) mass is 235 g/mol. The molecule has 1 saturated heterocycles. The summed E-state index contributed by atoms with van der Waals surface area (Å²) in [4.78, 5) is 12.6. The molecule has 1 fully saturated rings. The predicted molar refractivity (Wildman–Crippen MR) is 67.5 cm³/mol. The number of benzene rings is 1. The second kappa shape index (κ2) is 4.71. The minimum Gasteiger partial charge on any atom is -0.368 e. The summed E-state index contributed by atoms with van der Waals surface area (Å²) < 4.78 is 0. The molecular formula is C12H17N3O2. The molecule has 92 valence electrons. The third-order valence-corrected chi connectivity index (χ3v) is 3.10. The number of nitro groups is 1. The van der Waals surface area contributed by atoms with Crippen molar-refractivity contribution in [2.45, 2.75) is 19.9 Å². The fourth-order valence-electron chi connectivity index (χ4n) is 2.26. The van der Waals surface area contributed by atoms with Crippen LogP contribution in [-0.2, 0) is 0 Å². The Morgan fingerprint density at radius 1 is 1.53 bits per heavy atom. The van der Waals surface area contributed by atoms with Crippen LogP contribution in [0.1, 0.15) is 12.5 Å². The van der Waals surface area contributed by atoms with Crippen LogP contribution in [0.25, 0.3) is 0 Å². The number of nitro benzene ring substituents is 1. The van der Waals surface area contributed by atoms with Gasteiger partial charge in [0.2, 0.25) is 0 Å². The van der Waals surface area contributed by atoms with Gasteiger partial charge in [0.1, 0.15) is 0 Å². The van der Waals surface area contributed by atoms with E-state index in [1.165, 1.54) is 0 Å². The van der Waals surface area contributed by atoms with E-state index < -0.39 is 0 Å². The summed E-state index contributed by atoms with van der Waals surface area (Å²) in [6, 6.07) is 5.53. The quantitative estimate of drug-likeness (QED) is 0.626. The molecule has 0 unspecified atom stereocenters. The summed E-state index contributed by atoms with van der Waals surface area (Å²) >= 11 is 0. The average molecular weight is 235 g/mol. The molecule has 5 nitrogen and oxygen atoms in total. The van der Waals surface area contributed by atoms with Crippen molar-refractivity contribution in [1.29, 1.82) is 0 Å². The standard InChI is InChI=1S/C12H17N3O2/c1-9-7-11(15(16)17)3-4-12(9)14-6-5-13-10(2)8-14/h3-4,7,10,13H,5-6,8H2,1-2H3/t10-/m1/s1. The Hall–Kier alpha value is -1.62. The number of hydrogen-bond donors (Lipinski definition) is 1. The van der Waals surface area contributed by atoms with Crippen molar-refractivity contribution < 1.29 is 4.92 Å². The molecule has 5 heteroatoms. The lowest BCUT2D eigenvalue weighted by Gasteiger charge is -2.34. The van der Waals surface area contributed by atoms with E-state index >= 15 is 0 Å². The first-order chi connectivity index (χ1) is 8.08. The van der Waals surface area contributed by atoms with Gasteiger partial charge in [0.25, 0.3) is 5.69 Å². The normalized spacial score (nSPS) is 20.4. The average Bonchev–Trinajstić information content (AvgIpc) is 2.28. The van der Waals surface area contributed by atoms with E-state index in [4.69, 9.17) is 0 Å². The van der Waals surface area contributed by atoms with Crippen LogP contribution in [-0.4, -0.2) is 30.6 Å². The lowest BCUT2D eigenvalue weighted by atomic mass is 10.1. The topological polar surface area (TPSA) is 58.4 Å². The predicted octanol–water partition coefficient (Wildman–Crippen LogP) is 1.70. The van der Waals surface area contributed by atoms with Crippen molar-refractivity contribution in [1.82, 2.24) is 5.32 Å². The molecule has 1 heterocycles. The van der Waals surface area contributed by atoms with E-state index in [9.17, 15) is 10.1 Å². The molecule has 2 rings (SSSR count). The maximum absolute atomic E-state index is 10.7. The molecular weight excluding hydrogens is 218 g/mol. The van der Waals surface area contributed by atoms with Gasteiger partial charge in [-0.1, -0.05) is 0 Å². The van der Waals surface area contributed by atoms with Gasteiger partial charge in [-0.3, -0.25) is 10.1 Å². The van der Waals surface area contributed by atoms with Gasteiger partial charge in [0.15, 0.2) is 0 Å². The molecule has 1 aromatic rings. The Morgan fingerprint density at radius 2 is 2.29 bits per heavy atom. The Kier molecular flexibility index (Phi) is 3.28. The molecule has 0 saturated carbocycles. The van der Waals surface area contributed by atoms with Crippen molar-refractivity contribution in [3.05, 3.63) is 33.9 Å². The van der Waals surface area contributed by atoms with E-state index in [1.807, 2.05) is 13.0 Å². The zero-order valence-electron chi connectivity index (χ0n) is 10.1. The smallest absolute Gasteiger partial charge is 0.269 e. The van der Waals surface area contributed by atoms with Gasteiger partial charge in [0.05, 0.1) is 4.92 Å². The SMILES string of the molecule is Cc1cc([N+](=O)[O-])ccc1N1CCN[C@H](C)C1. The Morgan fingerprint density at radius 3 is 2.88 bits per heavy atom. The number of anilines is 1. The second-order valence-electron chi connectivity index (χ2n) is 4.53. The number of nitrogens with zero attached hydrogens (tertiary/aromatic N) is 2. The highest BCUT2D eigenvalue weighted by Gasteiger charge is 2.18. The van der Waals surface area contributed by atoms with Crippen LogP contribution in [0.5, 0.6) is 0 Å². The Labute approximate surface area is 101 Å². The molecule has 0 amide bonds. The largest absolute Gasteiger partial charge is 0.368 e. The number of aryl methyl sites for hydroxylation is 1. The van der Waals surface area contributed by atoms with Gasteiger partial charge in [-0.05, 0) is 25.5 Å². The van der Waals surface area contributed by atoms with E-state index in [2.05, 4.69) is 17.1 Å². The molecule has 1 N–H and O–H groups in total. The van der Waals surface area contributed by atoms with Crippen LogP contribution >= 0.6 is 0 Å². The summed E-state index contributed by atoms with van der Waals surface area (Å²) in [7, 11) is 0. The van der Waals surface area contributed by atoms with Crippen LogP contribution in [0.15, 0.2) is 18.2 Å². The maximum Gasteiger partial charge on any atom is 0.269 e. The van der Waals surface area contributed by atoms with Gasteiger partial charge in [0, 0.05) is 43.5 Å². The number of non-ortho nitro benzene ring substituents is 1. The number of rotatable bonds is 2. The van der Waals surface area contributed by atoms with Crippen LogP contribution in [0.4, 0.5) is 11.4 Å². The van der Waals surface area contributed by atoms with E-state index in [0.717, 1.165) is 30.9 Å². The molecule has 0 aromatic heterocycles. The molecule has 0 spiro atoms. The van der Waals surface area contributed by atoms with Crippen molar-refractivity contribution in [3.8, 4) is 0 Å². The fraction of sp³-hybridized carbons (Fsp3) is 0.500. The molecule has 0 bridgehead atoms. The van der Waals surface area contributed by atoms with Crippen molar-refractivity contribution in [2.24, 2.45) is 0 Å². The van der Waals surface area contributed by atoms with Gasteiger partial charge < -0.3 is 10.2 Å². The Bertz CT molecular complexity index is 434. The highest BCUT2D eigenvalue weighted by atomic mass is 16.6. The summed E-state index contributed by atoms with van der Waals surface area (Å²) in [5, 5.41) is 14.1. The van der Waals surface area contributed by atoms with E-state index in [0.29, 0.717) is 6.04 Å². The third-order valence-electron chi connectivity index (χ3n) is 3.10. The van der Waals surface area contributed by atoms with E-state index in [1.54, 1.807) is 12.1 Å². The Balaban J connectivity index is 2.23. The van der Waals surface area contributed by atoms with Gasteiger partial charge in [-0.25, -0.2) is 0 Å². The van der Waals surface area contributed by atoms with E-state index in [-0.39, 0.29) is 10.6 Å². The van der Waals surface area contributed by atoms with Crippen LogP contribution in [0.3, 0.4) is 0 Å².